The summed E-state index contributed by atoms with van der Waals surface area (Å²) in [7, 11) is 1.78. The van der Waals surface area contributed by atoms with Gasteiger partial charge in [0.25, 0.3) is 0 Å². The Morgan fingerprint density at radius 1 is 1.35 bits per heavy atom. The maximum absolute atomic E-state index is 5.89. The van der Waals surface area contributed by atoms with E-state index in [1.165, 1.54) is 0 Å². The zero-order valence-electron chi connectivity index (χ0n) is 14.3. The molecule has 0 saturated heterocycles. The number of thioether (sulfide) groups is 1. The molecular formula is C17H26IN3OS. The number of halogens is 1. The van der Waals surface area contributed by atoms with Gasteiger partial charge in [-0.25, -0.2) is 0 Å². The fourth-order valence-corrected chi connectivity index (χ4v) is 2.27. The number of guanidine groups is 1. The van der Waals surface area contributed by atoms with Crippen LogP contribution in [0.2, 0.25) is 0 Å². The highest BCUT2D eigenvalue weighted by Gasteiger charge is 2.18. The quantitative estimate of drug-likeness (QED) is 0.405. The molecule has 2 rings (SSSR count). The van der Waals surface area contributed by atoms with E-state index in [0.717, 1.165) is 29.2 Å². The number of aliphatic imine (C=N–C) groups is 1. The van der Waals surface area contributed by atoms with Crippen LogP contribution in [0.25, 0.3) is 11.0 Å². The monoisotopic (exact) mass is 447 g/mol. The smallest absolute Gasteiger partial charge is 0.191 e. The molecule has 0 radical (unpaired) electrons. The number of hydrogen-bond donors (Lipinski definition) is 2. The number of para-hydroxylation sites is 1. The van der Waals surface area contributed by atoms with E-state index in [2.05, 4.69) is 54.8 Å². The third-order valence-corrected chi connectivity index (χ3v) is 4.93. The molecule has 2 aromatic rings. The van der Waals surface area contributed by atoms with Crippen LogP contribution in [0.4, 0.5) is 0 Å². The number of furan rings is 1. The van der Waals surface area contributed by atoms with Crippen LogP contribution in [0.1, 0.15) is 32.6 Å². The molecule has 0 aliphatic rings. The summed E-state index contributed by atoms with van der Waals surface area (Å²) in [6.45, 7) is 7.34. The van der Waals surface area contributed by atoms with Gasteiger partial charge in [-0.1, -0.05) is 18.2 Å². The van der Waals surface area contributed by atoms with E-state index in [9.17, 15) is 0 Å². The van der Waals surface area contributed by atoms with Gasteiger partial charge in [0.15, 0.2) is 5.96 Å². The molecule has 1 aromatic carbocycles. The molecule has 0 bridgehead atoms. The zero-order valence-corrected chi connectivity index (χ0v) is 17.5. The van der Waals surface area contributed by atoms with Crippen LogP contribution in [0.3, 0.4) is 0 Å². The predicted octanol–water partition coefficient (Wildman–Crippen LogP) is 4.42. The lowest BCUT2D eigenvalue weighted by molar-refractivity contribution is 0.487. The number of rotatable bonds is 5. The second kappa shape index (κ2) is 8.82. The van der Waals surface area contributed by atoms with Gasteiger partial charge in [-0.2, -0.15) is 11.8 Å². The first-order valence-corrected chi connectivity index (χ1v) is 8.68. The Morgan fingerprint density at radius 2 is 2.04 bits per heavy atom. The van der Waals surface area contributed by atoms with Crippen LogP contribution >= 0.6 is 35.7 Å². The summed E-state index contributed by atoms with van der Waals surface area (Å²) in [5, 5.41) is 7.87. The Bertz CT molecular complexity index is 621. The summed E-state index contributed by atoms with van der Waals surface area (Å²) in [5.74, 6) is 1.70. The van der Waals surface area contributed by atoms with Crippen molar-refractivity contribution in [2.75, 3.05) is 19.8 Å². The lowest BCUT2D eigenvalue weighted by Gasteiger charge is -2.24. The van der Waals surface area contributed by atoms with Crippen molar-refractivity contribution in [3.63, 3.8) is 0 Å². The van der Waals surface area contributed by atoms with Crippen molar-refractivity contribution in [1.29, 1.82) is 0 Å². The van der Waals surface area contributed by atoms with E-state index < -0.39 is 0 Å². The Morgan fingerprint density at radius 3 is 2.65 bits per heavy atom. The number of benzene rings is 1. The van der Waals surface area contributed by atoms with Crippen LogP contribution < -0.4 is 10.6 Å². The minimum absolute atomic E-state index is 0. The topological polar surface area (TPSA) is 49.6 Å². The van der Waals surface area contributed by atoms with Gasteiger partial charge in [0.1, 0.15) is 11.3 Å². The van der Waals surface area contributed by atoms with Crippen molar-refractivity contribution in [1.82, 2.24) is 10.6 Å². The molecule has 1 unspecified atom stereocenters. The van der Waals surface area contributed by atoms with E-state index in [1.54, 1.807) is 7.05 Å². The summed E-state index contributed by atoms with van der Waals surface area (Å²) in [5.41, 5.74) is 0.914. The number of hydrogen-bond acceptors (Lipinski definition) is 3. The van der Waals surface area contributed by atoms with Crippen molar-refractivity contribution in [2.45, 2.75) is 31.6 Å². The van der Waals surface area contributed by atoms with Crippen LogP contribution in [0.5, 0.6) is 0 Å². The molecule has 0 saturated carbocycles. The highest BCUT2D eigenvalue weighted by molar-refractivity contribution is 14.0. The minimum atomic E-state index is 0. The maximum Gasteiger partial charge on any atom is 0.191 e. The molecule has 0 spiro atoms. The second-order valence-corrected chi connectivity index (χ2v) is 7.46. The summed E-state index contributed by atoms with van der Waals surface area (Å²) >= 11 is 1.83. The maximum atomic E-state index is 5.89. The van der Waals surface area contributed by atoms with Crippen molar-refractivity contribution in [2.24, 2.45) is 4.99 Å². The van der Waals surface area contributed by atoms with Gasteiger partial charge in [-0.15, -0.1) is 24.0 Å². The molecule has 2 N–H and O–H groups in total. The van der Waals surface area contributed by atoms with Gasteiger partial charge >= 0.3 is 0 Å². The van der Waals surface area contributed by atoms with E-state index in [4.69, 9.17) is 4.42 Å². The normalized spacial score (nSPS) is 13.5. The van der Waals surface area contributed by atoms with Crippen molar-refractivity contribution >= 4 is 52.7 Å². The first-order valence-electron chi connectivity index (χ1n) is 7.46. The number of fused-ring (bicyclic) bond motifs is 1. The van der Waals surface area contributed by atoms with Crippen LogP contribution in [-0.4, -0.2) is 30.6 Å². The molecule has 128 valence electrons. The number of nitrogens with zero attached hydrogens (tertiary/aromatic N) is 1. The van der Waals surface area contributed by atoms with Crippen LogP contribution in [0, 0.1) is 0 Å². The van der Waals surface area contributed by atoms with Crippen molar-refractivity contribution < 1.29 is 4.42 Å². The Balaban J connectivity index is 0.00000264. The van der Waals surface area contributed by atoms with Gasteiger partial charge in [-0.05, 0) is 39.2 Å². The molecule has 0 amide bonds. The van der Waals surface area contributed by atoms with Gasteiger partial charge in [0.05, 0.1) is 6.04 Å². The summed E-state index contributed by atoms with van der Waals surface area (Å²) in [6, 6.07) is 10.2. The highest BCUT2D eigenvalue weighted by Crippen LogP contribution is 2.23. The van der Waals surface area contributed by atoms with Crippen LogP contribution in [0.15, 0.2) is 39.7 Å². The molecule has 23 heavy (non-hydrogen) atoms. The lowest BCUT2D eigenvalue weighted by Crippen LogP contribution is -2.44. The molecule has 0 aliphatic carbocycles. The molecule has 1 heterocycles. The molecule has 6 heteroatoms. The van der Waals surface area contributed by atoms with E-state index in [0.29, 0.717) is 0 Å². The molecule has 1 aromatic heterocycles. The summed E-state index contributed by atoms with van der Waals surface area (Å²) in [4.78, 5) is 4.29. The third kappa shape index (κ3) is 5.60. The Kier molecular flexibility index (Phi) is 7.73. The van der Waals surface area contributed by atoms with E-state index in [-0.39, 0.29) is 34.8 Å². The molecule has 0 fully saturated rings. The van der Waals surface area contributed by atoms with Crippen LogP contribution in [-0.2, 0) is 0 Å². The minimum Gasteiger partial charge on any atom is -0.459 e. The molecule has 0 aliphatic heterocycles. The van der Waals surface area contributed by atoms with E-state index in [1.807, 2.05) is 30.0 Å². The van der Waals surface area contributed by atoms with Crippen molar-refractivity contribution in [3.8, 4) is 0 Å². The Labute approximate surface area is 159 Å². The van der Waals surface area contributed by atoms with E-state index >= 15 is 0 Å². The third-order valence-electron chi connectivity index (χ3n) is 3.68. The Hall–Kier alpha value is -0.890. The molecule has 1 atom stereocenters. The van der Waals surface area contributed by atoms with Gasteiger partial charge in [0, 0.05) is 23.7 Å². The average molecular weight is 447 g/mol. The zero-order chi connectivity index (χ0) is 16.2. The first kappa shape index (κ1) is 20.2. The second-order valence-electron chi connectivity index (χ2n) is 5.94. The van der Waals surface area contributed by atoms with Gasteiger partial charge < -0.3 is 15.1 Å². The SMILES string of the molecule is CN=C(NCC(C)(C)SC)NC(C)c1cc2ccccc2o1.I. The molecular weight excluding hydrogens is 421 g/mol. The fraction of sp³-hybridized carbons (Fsp3) is 0.471. The lowest BCUT2D eigenvalue weighted by atomic mass is 10.2. The predicted molar refractivity (Wildman–Crippen MR) is 112 cm³/mol. The van der Waals surface area contributed by atoms with Gasteiger partial charge in [0.2, 0.25) is 0 Å². The van der Waals surface area contributed by atoms with Crippen molar-refractivity contribution in [3.05, 3.63) is 36.1 Å². The molecule has 4 nitrogen and oxygen atoms in total. The first-order chi connectivity index (χ1) is 10.4. The largest absolute Gasteiger partial charge is 0.459 e. The summed E-state index contributed by atoms with van der Waals surface area (Å²) in [6.07, 6.45) is 2.12. The highest BCUT2D eigenvalue weighted by atomic mass is 127. The summed E-state index contributed by atoms with van der Waals surface area (Å²) < 4.78 is 6.06. The fourth-order valence-electron chi connectivity index (χ4n) is 2.06. The average Bonchev–Trinajstić information content (AvgIpc) is 2.95. The van der Waals surface area contributed by atoms with Gasteiger partial charge in [-0.3, -0.25) is 4.99 Å². The number of nitrogens with one attached hydrogen (secondary N) is 2. The standard InChI is InChI=1S/C17H25N3OS.HI/c1-12(15-10-13-8-6-7-9-14(13)21-15)20-16(18-4)19-11-17(2,3)22-5;/h6-10,12H,11H2,1-5H3,(H2,18,19,20);1H.